The average Bonchev–Trinajstić information content (AvgIpc) is 2.78. The Labute approximate surface area is 85.4 Å². The van der Waals surface area contributed by atoms with E-state index < -0.39 is 0 Å². The lowest BCUT2D eigenvalue weighted by Gasteiger charge is -2.15. The van der Waals surface area contributed by atoms with Gasteiger partial charge in [0, 0.05) is 12.5 Å². The summed E-state index contributed by atoms with van der Waals surface area (Å²) >= 11 is 0. The Balaban J connectivity index is 1.72. The second-order valence-corrected chi connectivity index (χ2v) is 4.90. The lowest BCUT2D eigenvalue weighted by Crippen LogP contribution is -2.36. The zero-order valence-corrected chi connectivity index (χ0v) is 8.72. The minimum absolute atomic E-state index is 0.266. The second kappa shape index (κ2) is 3.89. The molecule has 2 saturated carbocycles. The van der Waals surface area contributed by atoms with Crippen molar-refractivity contribution in [2.24, 2.45) is 17.1 Å². The topological polar surface area (TPSA) is 55.1 Å². The van der Waals surface area contributed by atoms with E-state index in [1.807, 2.05) is 0 Å². The Morgan fingerprint density at radius 1 is 1.36 bits per heavy atom. The molecule has 2 fully saturated rings. The molecule has 0 radical (unpaired) electrons. The standard InChI is InChI=1S/C11H20N2O/c12-7-11(5-6-11)8-13-10(14)9-3-1-2-4-9/h9H,1-8,12H2,(H,13,14). The highest BCUT2D eigenvalue weighted by atomic mass is 16.1. The van der Waals surface area contributed by atoms with E-state index in [4.69, 9.17) is 5.73 Å². The van der Waals surface area contributed by atoms with Gasteiger partial charge in [0.25, 0.3) is 0 Å². The summed E-state index contributed by atoms with van der Waals surface area (Å²) in [4.78, 5) is 11.7. The van der Waals surface area contributed by atoms with Crippen LogP contribution in [0.2, 0.25) is 0 Å². The minimum atomic E-state index is 0.266. The van der Waals surface area contributed by atoms with Crippen molar-refractivity contribution in [3.05, 3.63) is 0 Å². The molecule has 0 aromatic rings. The number of hydrogen-bond donors (Lipinski definition) is 2. The summed E-state index contributed by atoms with van der Waals surface area (Å²) in [6.07, 6.45) is 6.99. The van der Waals surface area contributed by atoms with Gasteiger partial charge >= 0.3 is 0 Å². The third-order valence-electron chi connectivity index (χ3n) is 3.75. The van der Waals surface area contributed by atoms with E-state index in [-0.39, 0.29) is 11.3 Å². The van der Waals surface area contributed by atoms with Gasteiger partial charge in [0.15, 0.2) is 0 Å². The first-order valence-electron chi connectivity index (χ1n) is 5.74. The molecule has 0 atom stereocenters. The molecule has 3 heteroatoms. The van der Waals surface area contributed by atoms with Crippen molar-refractivity contribution >= 4 is 5.91 Å². The number of rotatable bonds is 4. The fraction of sp³-hybridized carbons (Fsp3) is 0.909. The highest BCUT2D eigenvalue weighted by Gasteiger charge is 2.41. The molecule has 2 aliphatic rings. The maximum atomic E-state index is 11.7. The Morgan fingerprint density at radius 3 is 2.50 bits per heavy atom. The van der Waals surface area contributed by atoms with Crippen LogP contribution in [0.1, 0.15) is 38.5 Å². The predicted molar refractivity (Wildman–Crippen MR) is 55.7 cm³/mol. The van der Waals surface area contributed by atoms with Gasteiger partial charge in [-0.3, -0.25) is 4.79 Å². The Bertz CT molecular complexity index is 217. The summed E-state index contributed by atoms with van der Waals surface area (Å²) in [5, 5.41) is 3.06. The monoisotopic (exact) mass is 196 g/mol. The van der Waals surface area contributed by atoms with Crippen molar-refractivity contribution in [1.29, 1.82) is 0 Å². The van der Waals surface area contributed by atoms with Gasteiger partial charge in [-0.25, -0.2) is 0 Å². The molecule has 0 saturated heterocycles. The fourth-order valence-electron chi connectivity index (χ4n) is 2.24. The van der Waals surface area contributed by atoms with Gasteiger partial charge in [-0.1, -0.05) is 12.8 Å². The number of nitrogens with two attached hydrogens (primary N) is 1. The highest BCUT2D eigenvalue weighted by Crippen LogP contribution is 2.43. The number of nitrogens with one attached hydrogen (secondary N) is 1. The van der Waals surface area contributed by atoms with E-state index in [9.17, 15) is 4.79 Å². The van der Waals surface area contributed by atoms with E-state index in [1.165, 1.54) is 25.7 Å². The van der Waals surface area contributed by atoms with Crippen molar-refractivity contribution in [3.8, 4) is 0 Å². The summed E-state index contributed by atoms with van der Waals surface area (Å²) in [5.41, 5.74) is 5.93. The van der Waals surface area contributed by atoms with Crippen molar-refractivity contribution in [3.63, 3.8) is 0 Å². The van der Waals surface area contributed by atoms with Crippen LogP contribution < -0.4 is 11.1 Å². The van der Waals surface area contributed by atoms with Crippen LogP contribution in [0.4, 0.5) is 0 Å². The molecule has 0 bridgehead atoms. The van der Waals surface area contributed by atoms with Crippen LogP contribution in [-0.2, 0) is 4.79 Å². The van der Waals surface area contributed by atoms with Gasteiger partial charge in [0.05, 0.1) is 0 Å². The van der Waals surface area contributed by atoms with Gasteiger partial charge in [-0.05, 0) is 37.6 Å². The first-order chi connectivity index (χ1) is 6.76. The van der Waals surface area contributed by atoms with Gasteiger partial charge in [-0.15, -0.1) is 0 Å². The molecule has 0 aliphatic heterocycles. The van der Waals surface area contributed by atoms with Gasteiger partial charge in [-0.2, -0.15) is 0 Å². The molecule has 0 heterocycles. The van der Waals surface area contributed by atoms with Crippen LogP contribution in [0.5, 0.6) is 0 Å². The Morgan fingerprint density at radius 2 is 2.00 bits per heavy atom. The van der Waals surface area contributed by atoms with Crippen LogP contribution in [0.25, 0.3) is 0 Å². The summed E-state index contributed by atoms with van der Waals surface area (Å²) in [6.45, 7) is 1.52. The molecule has 0 aromatic heterocycles. The molecule has 80 valence electrons. The van der Waals surface area contributed by atoms with Gasteiger partial charge in [0.1, 0.15) is 0 Å². The highest BCUT2D eigenvalue weighted by molar-refractivity contribution is 5.78. The van der Waals surface area contributed by atoms with Crippen molar-refractivity contribution in [2.45, 2.75) is 38.5 Å². The van der Waals surface area contributed by atoms with Crippen molar-refractivity contribution in [1.82, 2.24) is 5.32 Å². The Hall–Kier alpha value is -0.570. The zero-order valence-electron chi connectivity index (χ0n) is 8.72. The third kappa shape index (κ3) is 2.08. The molecule has 1 amide bonds. The van der Waals surface area contributed by atoms with Crippen molar-refractivity contribution in [2.75, 3.05) is 13.1 Å². The first kappa shape index (κ1) is 9.97. The van der Waals surface area contributed by atoms with Crippen LogP contribution in [0, 0.1) is 11.3 Å². The maximum Gasteiger partial charge on any atom is 0.223 e. The van der Waals surface area contributed by atoms with Gasteiger partial charge in [0.2, 0.25) is 5.91 Å². The molecule has 0 spiro atoms. The van der Waals surface area contributed by atoms with Crippen LogP contribution in [0.15, 0.2) is 0 Å². The largest absolute Gasteiger partial charge is 0.355 e. The summed E-state index contributed by atoms with van der Waals surface area (Å²) < 4.78 is 0. The van der Waals surface area contributed by atoms with Crippen molar-refractivity contribution < 1.29 is 4.79 Å². The predicted octanol–water partition coefficient (Wildman–Crippen LogP) is 1.03. The lowest BCUT2D eigenvalue weighted by molar-refractivity contribution is -0.125. The van der Waals surface area contributed by atoms with Crippen LogP contribution in [-0.4, -0.2) is 19.0 Å². The summed E-state index contributed by atoms with van der Waals surface area (Å²) in [7, 11) is 0. The molecule has 3 N–H and O–H groups in total. The van der Waals surface area contributed by atoms with Crippen LogP contribution >= 0.6 is 0 Å². The molecular formula is C11H20N2O. The molecule has 2 aliphatic carbocycles. The number of carbonyl (C=O) groups excluding carboxylic acids is 1. The van der Waals surface area contributed by atoms with Crippen LogP contribution in [0.3, 0.4) is 0 Å². The molecule has 0 aromatic carbocycles. The Kier molecular flexibility index (Phi) is 2.77. The van der Waals surface area contributed by atoms with E-state index >= 15 is 0 Å². The fourth-order valence-corrected chi connectivity index (χ4v) is 2.24. The summed E-state index contributed by atoms with van der Waals surface area (Å²) in [5.74, 6) is 0.561. The van der Waals surface area contributed by atoms with E-state index in [1.54, 1.807) is 0 Å². The quantitative estimate of drug-likeness (QED) is 0.705. The van der Waals surface area contributed by atoms with E-state index in [0.717, 1.165) is 25.9 Å². The molecule has 0 unspecified atom stereocenters. The zero-order chi connectivity index (χ0) is 10.0. The molecule has 2 rings (SSSR count). The van der Waals surface area contributed by atoms with E-state index in [2.05, 4.69) is 5.32 Å². The SMILES string of the molecule is NCC1(CNC(=O)C2CCCC2)CC1. The normalized spacial score (nSPS) is 24.9. The van der Waals surface area contributed by atoms with Gasteiger partial charge < -0.3 is 11.1 Å². The second-order valence-electron chi connectivity index (χ2n) is 4.90. The third-order valence-corrected chi connectivity index (χ3v) is 3.75. The molecular weight excluding hydrogens is 176 g/mol. The number of amides is 1. The number of hydrogen-bond acceptors (Lipinski definition) is 2. The number of carbonyl (C=O) groups is 1. The minimum Gasteiger partial charge on any atom is -0.355 e. The molecule has 14 heavy (non-hydrogen) atoms. The smallest absolute Gasteiger partial charge is 0.223 e. The average molecular weight is 196 g/mol. The molecule has 3 nitrogen and oxygen atoms in total. The van der Waals surface area contributed by atoms with E-state index in [0.29, 0.717) is 5.92 Å². The first-order valence-corrected chi connectivity index (χ1v) is 5.74. The lowest BCUT2D eigenvalue weighted by atomic mass is 10.1. The maximum absolute atomic E-state index is 11.7. The summed E-state index contributed by atoms with van der Waals surface area (Å²) in [6, 6.07) is 0.